The minimum atomic E-state index is -0.316. The molecule has 0 aromatic heterocycles. The van der Waals surface area contributed by atoms with Crippen LogP contribution in [0.25, 0.3) is 0 Å². The van der Waals surface area contributed by atoms with E-state index >= 15 is 0 Å². The van der Waals surface area contributed by atoms with E-state index in [9.17, 15) is 5.11 Å². The van der Waals surface area contributed by atoms with Crippen LogP contribution in [-0.2, 0) is 0 Å². The van der Waals surface area contributed by atoms with Crippen molar-refractivity contribution in [2.75, 3.05) is 6.61 Å². The summed E-state index contributed by atoms with van der Waals surface area (Å²) in [5.74, 6) is 1.07. The van der Waals surface area contributed by atoms with Crippen molar-refractivity contribution < 1.29 is 9.84 Å². The summed E-state index contributed by atoms with van der Waals surface area (Å²) in [4.78, 5) is 0. The third-order valence-corrected chi connectivity index (χ3v) is 3.74. The third-order valence-electron chi connectivity index (χ3n) is 3.38. The van der Waals surface area contributed by atoms with Gasteiger partial charge >= 0.3 is 0 Å². The molecule has 0 spiro atoms. The van der Waals surface area contributed by atoms with E-state index in [2.05, 4.69) is 13.0 Å². The standard InChI is InChI=1S/C14H19ClO2/c1-9-3-4-14(10(2)5-9)17-8-11-6-12(15)7-13(11)16/h3-5,11-13,16H,6-8H2,1-2H3/t11-,12-,13+/m0/s1. The van der Waals surface area contributed by atoms with Crippen LogP contribution in [-0.4, -0.2) is 23.2 Å². The zero-order chi connectivity index (χ0) is 12.4. The maximum absolute atomic E-state index is 9.79. The van der Waals surface area contributed by atoms with Crippen LogP contribution in [0.4, 0.5) is 0 Å². The molecule has 1 aromatic carbocycles. The van der Waals surface area contributed by atoms with Crippen LogP contribution in [0.15, 0.2) is 18.2 Å². The number of rotatable bonds is 3. The monoisotopic (exact) mass is 254 g/mol. The number of benzene rings is 1. The molecule has 0 amide bonds. The fourth-order valence-corrected chi connectivity index (χ4v) is 2.78. The van der Waals surface area contributed by atoms with Gasteiger partial charge in [-0.05, 0) is 38.3 Å². The lowest BCUT2D eigenvalue weighted by molar-refractivity contribution is 0.0983. The van der Waals surface area contributed by atoms with E-state index in [1.165, 1.54) is 5.56 Å². The lowest BCUT2D eigenvalue weighted by Crippen LogP contribution is -2.20. The zero-order valence-electron chi connectivity index (χ0n) is 10.3. The number of ether oxygens (including phenoxy) is 1. The zero-order valence-corrected chi connectivity index (χ0v) is 11.1. The minimum absolute atomic E-state index is 0.0951. The van der Waals surface area contributed by atoms with Crippen molar-refractivity contribution in [3.05, 3.63) is 29.3 Å². The van der Waals surface area contributed by atoms with Crippen molar-refractivity contribution >= 4 is 11.6 Å². The lowest BCUT2D eigenvalue weighted by Gasteiger charge is -2.16. The van der Waals surface area contributed by atoms with Crippen LogP contribution < -0.4 is 4.74 Å². The van der Waals surface area contributed by atoms with Gasteiger partial charge in [0.2, 0.25) is 0 Å². The highest BCUT2D eigenvalue weighted by atomic mass is 35.5. The number of alkyl halides is 1. The summed E-state index contributed by atoms with van der Waals surface area (Å²) >= 11 is 6.02. The Labute approximate surface area is 108 Å². The van der Waals surface area contributed by atoms with Crippen LogP contribution in [0.3, 0.4) is 0 Å². The van der Waals surface area contributed by atoms with Gasteiger partial charge in [0.05, 0.1) is 12.7 Å². The summed E-state index contributed by atoms with van der Waals surface area (Å²) in [6, 6.07) is 6.13. The molecule has 1 aliphatic rings. The first-order valence-corrected chi connectivity index (χ1v) is 6.52. The van der Waals surface area contributed by atoms with Crippen LogP contribution in [0.1, 0.15) is 24.0 Å². The first kappa shape index (κ1) is 12.7. The predicted octanol–water partition coefficient (Wildman–Crippen LogP) is 3.06. The summed E-state index contributed by atoms with van der Waals surface area (Å²) in [6.07, 6.45) is 1.21. The Balaban J connectivity index is 1.94. The highest BCUT2D eigenvalue weighted by molar-refractivity contribution is 6.20. The average Bonchev–Trinajstić information content (AvgIpc) is 2.56. The molecule has 1 fully saturated rings. The highest BCUT2D eigenvalue weighted by Crippen LogP contribution is 2.31. The summed E-state index contributed by atoms with van der Waals surface area (Å²) in [7, 11) is 0. The Kier molecular flexibility index (Phi) is 3.95. The number of hydrogen-bond acceptors (Lipinski definition) is 2. The SMILES string of the molecule is Cc1ccc(OC[C@@H]2C[C@H](Cl)C[C@H]2O)c(C)c1. The second-order valence-electron chi connectivity index (χ2n) is 4.98. The van der Waals surface area contributed by atoms with Gasteiger partial charge in [-0.15, -0.1) is 11.6 Å². The van der Waals surface area contributed by atoms with Gasteiger partial charge < -0.3 is 9.84 Å². The molecule has 0 saturated heterocycles. The first-order valence-electron chi connectivity index (χ1n) is 6.08. The summed E-state index contributed by atoms with van der Waals surface area (Å²) in [5, 5.41) is 9.88. The van der Waals surface area contributed by atoms with E-state index in [-0.39, 0.29) is 17.4 Å². The molecule has 17 heavy (non-hydrogen) atoms. The topological polar surface area (TPSA) is 29.5 Å². The molecule has 94 valence electrons. The summed E-state index contributed by atoms with van der Waals surface area (Å²) in [6.45, 7) is 4.65. The molecule has 2 rings (SSSR count). The van der Waals surface area contributed by atoms with E-state index in [1.807, 2.05) is 19.1 Å². The molecule has 1 aliphatic carbocycles. The van der Waals surface area contributed by atoms with E-state index in [0.29, 0.717) is 13.0 Å². The van der Waals surface area contributed by atoms with Gasteiger partial charge in [-0.25, -0.2) is 0 Å². The van der Waals surface area contributed by atoms with Crippen molar-refractivity contribution in [3.8, 4) is 5.75 Å². The molecule has 1 N–H and O–H groups in total. The minimum Gasteiger partial charge on any atom is -0.493 e. The number of halogens is 1. The maximum atomic E-state index is 9.79. The number of aliphatic hydroxyl groups excluding tert-OH is 1. The van der Waals surface area contributed by atoms with Crippen LogP contribution in [0, 0.1) is 19.8 Å². The van der Waals surface area contributed by atoms with Crippen LogP contribution >= 0.6 is 11.6 Å². The molecule has 0 unspecified atom stereocenters. The molecule has 1 saturated carbocycles. The fraction of sp³-hybridized carbons (Fsp3) is 0.571. The molecule has 3 heteroatoms. The lowest BCUT2D eigenvalue weighted by atomic mass is 10.1. The van der Waals surface area contributed by atoms with Crippen molar-refractivity contribution in [2.24, 2.45) is 5.92 Å². The van der Waals surface area contributed by atoms with E-state index in [0.717, 1.165) is 17.7 Å². The van der Waals surface area contributed by atoms with Gasteiger partial charge in [-0.1, -0.05) is 17.7 Å². The van der Waals surface area contributed by atoms with Crippen molar-refractivity contribution in [1.29, 1.82) is 0 Å². The van der Waals surface area contributed by atoms with Crippen molar-refractivity contribution in [1.82, 2.24) is 0 Å². The number of aliphatic hydroxyl groups is 1. The first-order chi connectivity index (χ1) is 8.06. The normalized spacial score (nSPS) is 28.4. The van der Waals surface area contributed by atoms with Gasteiger partial charge in [0.1, 0.15) is 5.75 Å². The Bertz CT molecular complexity index is 392. The molecule has 0 heterocycles. The fourth-order valence-electron chi connectivity index (χ4n) is 2.37. The number of aryl methyl sites for hydroxylation is 2. The Morgan fingerprint density at radius 2 is 2.12 bits per heavy atom. The Hall–Kier alpha value is -0.730. The molecule has 0 bridgehead atoms. The van der Waals surface area contributed by atoms with E-state index in [4.69, 9.17) is 16.3 Å². The second kappa shape index (κ2) is 5.28. The number of hydrogen-bond donors (Lipinski definition) is 1. The third kappa shape index (κ3) is 3.14. The maximum Gasteiger partial charge on any atom is 0.122 e. The van der Waals surface area contributed by atoms with Crippen molar-refractivity contribution in [2.45, 2.75) is 38.2 Å². The summed E-state index contributed by atoms with van der Waals surface area (Å²) < 4.78 is 5.78. The van der Waals surface area contributed by atoms with E-state index < -0.39 is 0 Å². The largest absolute Gasteiger partial charge is 0.493 e. The molecular weight excluding hydrogens is 236 g/mol. The smallest absolute Gasteiger partial charge is 0.122 e. The van der Waals surface area contributed by atoms with E-state index in [1.54, 1.807) is 0 Å². The predicted molar refractivity (Wildman–Crippen MR) is 69.8 cm³/mol. The van der Waals surface area contributed by atoms with Crippen LogP contribution in [0.2, 0.25) is 0 Å². The summed E-state index contributed by atoms with van der Waals surface area (Å²) in [5.41, 5.74) is 2.37. The molecule has 0 aliphatic heterocycles. The van der Waals surface area contributed by atoms with Crippen LogP contribution in [0.5, 0.6) is 5.75 Å². The molecule has 2 nitrogen and oxygen atoms in total. The van der Waals surface area contributed by atoms with Gasteiger partial charge in [0.25, 0.3) is 0 Å². The molecular formula is C14H19ClO2. The molecule has 3 atom stereocenters. The van der Waals surface area contributed by atoms with Gasteiger partial charge in [0.15, 0.2) is 0 Å². The molecule has 1 aromatic rings. The van der Waals surface area contributed by atoms with Gasteiger partial charge in [-0.3, -0.25) is 0 Å². The van der Waals surface area contributed by atoms with Crippen molar-refractivity contribution in [3.63, 3.8) is 0 Å². The molecule has 0 radical (unpaired) electrons. The average molecular weight is 255 g/mol. The Morgan fingerprint density at radius 1 is 1.35 bits per heavy atom. The second-order valence-corrected chi connectivity index (χ2v) is 5.59. The van der Waals surface area contributed by atoms with Gasteiger partial charge in [0, 0.05) is 11.3 Å². The highest BCUT2D eigenvalue weighted by Gasteiger charge is 2.32. The van der Waals surface area contributed by atoms with Gasteiger partial charge in [-0.2, -0.15) is 0 Å². The quantitative estimate of drug-likeness (QED) is 0.840. The Morgan fingerprint density at radius 3 is 2.71 bits per heavy atom.